The fourth-order valence-electron chi connectivity index (χ4n) is 3.43. The number of rotatable bonds is 5. The van der Waals surface area contributed by atoms with Gasteiger partial charge in [0.2, 0.25) is 0 Å². The second-order valence-electron chi connectivity index (χ2n) is 6.86. The van der Waals surface area contributed by atoms with Crippen LogP contribution in [0.15, 0.2) is 24.3 Å². The lowest BCUT2D eigenvalue weighted by Gasteiger charge is -2.07. The number of aromatic nitrogens is 2. The molecule has 4 rings (SSSR count). The Balaban J connectivity index is 1.39. The third-order valence-electron chi connectivity index (χ3n) is 4.84. The predicted molar refractivity (Wildman–Crippen MR) is 110 cm³/mol. The average Bonchev–Trinajstić information content (AvgIpc) is 2.93. The summed E-state index contributed by atoms with van der Waals surface area (Å²) in [6, 6.07) is 8.52. The van der Waals surface area contributed by atoms with Crippen LogP contribution in [0.4, 0.5) is 5.82 Å². The molecule has 2 aromatic heterocycles. The van der Waals surface area contributed by atoms with Crippen molar-refractivity contribution < 1.29 is 14.3 Å². The molecule has 1 aliphatic carbocycles. The minimum Gasteiger partial charge on any atom is -0.482 e. The van der Waals surface area contributed by atoms with Gasteiger partial charge in [0.1, 0.15) is 16.4 Å². The molecule has 8 heteroatoms. The summed E-state index contributed by atoms with van der Waals surface area (Å²) in [7, 11) is 0. The van der Waals surface area contributed by atoms with Gasteiger partial charge < -0.3 is 15.2 Å². The average molecular weight is 408 g/mol. The fourth-order valence-corrected chi connectivity index (χ4v) is 4.72. The van der Waals surface area contributed by atoms with Crippen LogP contribution in [0, 0.1) is 11.3 Å². The first kappa shape index (κ1) is 19.2. The second-order valence-corrected chi connectivity index (χ2v) is 7.94. The van der Waals surface area contributed by atoms with Crippen molar-refractivity contribution in [2.24, 2.45) is 0 Å². The van der Waals surface area contributed by atoms with Crippen molar-refractivity contribution in [1.82, 2.24) is 9.97 Å². The number of fused-ring (bicyclic) bond motifs is 3. The molecule has 148 valence electrons. The molecular weight excluding hydrogens is 388 g/mol. The number of aryl methyl sites for hydroxylation is 2. The monoisotopic (exact) mass is 408 g/mol. The largest absolute Gasteiger partial charge is 0.482 e. The van der Waals surface area contributed by atoms with Gasteiger partial charge in [0.25, 0.3) is 0 Å². The zero-order chi connectivity index (χ0) is 20.2. The number of carbonyl (C=O) groups is 1. The molecule has 0 aliphatic heterocycles. The van der Waals surface area contributed by atoms with Gasteiger partial charge in [-0.1, -0.05) is 6.42 Å². The number of nitrogen functional groups attached to an aromatic ring is 1. The van der Waals surface area contributed by atoms with Crippen LogP contribution in [0.1, 0.15) is 41.1 Å². The summed E-state index contributed by atoms with van der Waals surface area (Å²) in [5, 5.41) is 9.75. The molecular formula is C21H20N4O3S. The molecule has 1 aromatic carbocycles. The smallest absolute Gasteiger partial charge is 0.344 e. The fraction of sp³-hybridized carbons (Fsp3) is 0.333. The maximum absolute atomic E-state index is 12.0. The van der Waals surface area contributed by atoms with Crippen LogP contribution in [0.25, 0.3) is 10.2 Å². The van der Waals surface area contributed by atoms with E-state index < -0.39 is 5.97 Å². The Morgan fingerprint density at radius 1 is 1.17 bits per heavy atom. The number of anilines is 1. The highest BCUT2D eigenvalue weighted by Gasteiger charge is 2.19. The zero-order valence-corrected chi connectivity index (χ0v) is 16.6. The van der Waals surface area contributed by atoms with Crippen molar-refractivity contribution in [3.8, 4) is 11.8 Å². The number of esters is 1. The van der Waals surface area contributed by atoms with Crippen LogP contribution in [-0.4, -0.2) is 22.5 Å². The lowest BCUT2D eigenvalue weighted by molar-refractivity contribution is -0.147. The van der Waals surface area contributed by atoms with E-state index in [2.05, 4.69) is 9.97 Å². The van der Waals surface area contributed by atoms with Crippen LogP contribution in [-0.2, 0) is 29.0 Å². The van der Waals surface area contributed by atoms with E-state index in [0.717, 1.165) is 29.5 Å². The van der Waals surface area contributed by atoms with Gasteiger partial charge in [-0.15, -0.1) is 11.3 Å². The molecule has 2 heterocycles. The Kier molecular flexibility index (Phi) is 5.58. The summed E-state index contributed by atoms with van der Waals surface area (Å²) in [5.41, 5.74) is 8.02. The number of nitrogens with two attached hydrogens (primary N) is 1. The molecule has 0 amide bonds. The van der Waals surface area contributed by atoms with Crippen LogP contribution in [0.5, 0.6) is 5.75 Å². The molecule has 0 bridgehead atoms. The Labute approximate surface area is 172 Å². The molecule has 0 saturated carbocycles. The van der Waals surface area contributed by atoms with E-state index in [0.29, 0.717) is 23.0 Å². The maximum atomic E-state index is 12.0. The molecule has 29 heavy (non-hydrogen) atoms. The third-order valence-corrected chi connectivity index (χ3v) is 6.03. The summed E-state index contributed by atoms with van der Waals surface area (Å²) in [5.74, 6) is 0.800. The Bertz CT molecular complexity index is 1090. The van der Waals surface area contributed by atoms with E-state index in [1.807, 2.05) is 6.07 Å². The summed E-state index contributed by atoms with van der Waals surface area (Å²) in [4.78, 5) is 23.1. The number of ether oxygens (including phenoxy) is 2. The van der Waals surface area contributed by atoms with Crippen molar-refractivity contribution in [3.05, 3.63) is 46.1 Å². The number of nitrogens with zero attached hydrogens (tertiary/aromatic N) is 3. The summed E-state index contributed by atoms with van der Waals surface area (Å²) in [6.07, 6.45) is 5.67. The molecule has 0 saturated heterocycles. The molecule has 2 N–H and O–H groups in total. The van der Waals surface area contributed by atoms with E-state index in [1.54, 1.807) is 35.6 Å². The minimum atomic E-state index is -0.529. The van der Waals surface area contributed by atoms with E-state index in [4.69, 9.17) is 20.5 Å². The van der Waals surface area contributed by atoms with Crippen molar-refractivity contribution in [1.29, 1.82) is 5.26 Å². The van der Waals surface area contributed by atoms with Crippen molar-refractivity contribution >= 4 is 33.3 Å². The van der Waals surface area contributed by atoms with E-state index in [1.165, 1.54) is 23.3 Å². The van der Waals surface area contributed by atoms with E-state index >= 15 is 0 Å². The van der Waals surface area contributed by atoms with Gasteiger partial charge in [0, 0.05) is 4.88 Å². The van der Waals surface area contributed by atoms with Gasteiger partial charge in [0.05, 0.1) is 17.0 Å². The van der Waals surface area contributed by atoms with Gasteiger partial charge >= 0.3 is 5.97 Å². The van der Waals surface area contributed by atoms with Crippen LogP contribution in [0.3, 0.4) is 0 Å². The first-order chi connectivity index (χ1) is 14.1. The maximum Gasteiger partial charge on any atom is 0.344 e. The number of carbonyl (C=O) groups excluding carboxylic acids is 1. The molecule has 0 spiro atoms. The van der Waals surface area contributed by atoms with Crippen molar-refractivity contribution in [2.75, 3.05) is 12.3 Å². The zero-order valence-electron chi connectivity index (χ0n) is 15.8. The number of nitriles is 1. The van der Waals surface area contributed by atoms with Gasteiger partial charge in [-0.2, -0.15) is 5.26 Å². The highest BCUT2D eigenvalue weighted by atomic mass is 32.1. The number of hydrogen-bond donors (Lipinski definition) is 1. The van der Waals surface area contributed by atoms with Crippen LogP contribution in [0.2, 0.25) is 0 Å². The molecule has 3 aromatic rings. The van der Waals surface area contributed by atoms with Crippen LogP contribution < -0.4 is 10.5 Å². The Morgan fingerprint density at radius 2 is 1.97 bits per heavy atom. The molecule has 7 nitrogen and oxygen atoms in total. The minimum absolute atomic E-state index is 0.0573. The van der Waals surface area contributed by atoms with Gasteiger partial charge in [0.15, 0.2) is 19.0 Å². The number of benzene rings is 1. The summed E-state index contributed by atoms with van der Waals surface area (Å²) in [6.45, 7) is -0.296. The van der Waals surface area contributed by atoms with E-state index in [9.17, 15) is 4.79 Å². The topological polar surface area (TPSA) is 111 Å². The molecule has 0 radical (unpaired) electrons. The Hall–Kier alpha value is -3.18. The third kappa shape index (κ3) is 4.30. The first-order valence-corrected chi connectivity index (χ1v) is 10.3. The Morgan fingerprint density at radius 3 is 2.76 bits per heavy atom. The highest BCUT2D eigenvalue weighted by Crippen LogP contribution is 2.37. The normalized spacial score (nSPS) is 13.3. The van der Waals surface area contributed by atoms with Crippen molar-refractivity contribution in [3.63, 3.8) is 0 Å². The summed E-state index contributed by atoms with van der Waals surface area (Å²) < 4.78 is 10.6. The predicted octanol–water partition coefficient (Wildman–Crippen LogP) is 3.54. The highest BCUT2D eigenvalue weighted by molar-refractivity contribution is 7.19. The number of thiophene rings is 1. The molecule has 0 fully saturated rings. The summed E-state index contributed by atoms with van der Waals surface area (Å²) >= 11 is 1.67. The van der Waals surface area contributed by atoms with E-state index in [-0.39, 0.29) is 13.2 Å². The van der Waals surface area contributed by atoms with Crippen LogP contribution >= 0.6 is 11.3 Å². The second kappa shape index (κ2) is 8.45. The van der Waals surface area contributed by atoms with Gasteiger partial charge in [-0.05, 0) is 55.5 Å². The molecule has 0 unspecified atom stereocenters. The lowest BCUT2D eigenvalue weighted by Crippen LogP contribution is -2.15. The molecule has 1 aliphatic rings. The molecule has 0 atom stereocenters. The quantitative estimate of drug-likeness (QED) is 0.508. The lowest BCUT2D eigenvalue weighted by atomic mass is 10.1. The first-order valence-electron chi connectivity index (χ1n) is 9.49. The standard InChI is InChI=1S/C21H20N4O3S/c22-10-13-6-8-14(9-7-13)27-12-18(26)28-11-17-24-20(23)19-15-4-2-1-3-5-16(15)29-21(19)25-17/h6-9H,1-5,11-12H2,(H2,23,24,25). The van der Waals surface area contributed by atoms with Crippen molar-refractivity contribution in [2.45, 2.75) is 38.7 Å². The van der Waals surface area contributed by atoms with Gasteiger partial charge in [-0.3, -0.25) is 0 Å². The van der Waals surface area contributed by atoms with Gasteiger partial charge in [-0.25, -0.2) is 14.8 Å². The SMILES string of the molecule is N#Cc1ccc(OCC(=O)OCc2nc(N)c3c4c(sc3n2)CCCCC4)cc1. The number of hydrogen-bond acceptors (Lipinski definition) is 8.